The van der Waals surface area contributed by atoms with Crippen molar-refractivity contribution in [3.05, 3.63) is 5.82 Å². The summed E-state index contributed by atoms with van der Waals surface area (Å²) < 4.78 is 34.9. The molecule has 0 saturated carbocycles. The topological polar surface area (TPSA) is 67.4 Å². The fourth-order valence-electron chi connectivity index (χ4n) is 0.367. The van der Waals surface area contributed by atoms with Gasteiger partial charge in [0.1, 0.15) is 6.07 Å². The zero-order valence-corrected chi connectivity index (χ0v) is 4.87. The Morgan fingerprint density at radius 3 is 2.36 bits per heavy atom. The minimum absolute atomic E-state index is 0.578. The average molecular weight is 163 g/mol. The van der Waals surface area contributed by atoms with Crippen LogP contribution in [0.15, 0.2) is 0 Å². The van der Waals surface area contributed by atoms with Crippen LogP contribution in [0.3, 0.4) is 0 Å². The Hall–Kier alpha value is -1.65. The van der Waals surface area contributed by atoms with E-state index in [9.17, 15) is 13.2 Å². The van der Waals surface area contributed by atoms with Crippen LogP contribution < -0.4 is 0 Å². The molecule has 0 radical (unpaired) electrons. The molecular weight excluding hydrogens is 163 g/mol. The highest BCUT2D eigenvalue weighted by atomic mass is 19.4. The van der Waals surface area contributed by atoms with Gasteiger partial charge in [0.25, 0.3) is 5.82 Å². The Morgan fingerprint density at radius 1 is 1.45 bits per heavy atom. The second-order valence-corrected chi connectivity index (χ2v) is 1.48. The predicted molar refractivity (Wildman–Crippen MR) is 23.8 cm³/mol. The summed E-state index contributed by atoms with van der Waals surface area (Å²) in [6.45, 7) is 0. The third-order valence-electron chi connectivity index (χ3n) is 0.740. The molecule has 5 nitrogen and oxygen atoms in total. The molecule has 0 bridgehead atoms. The van der Waals surface area contributed by atoms with E-state index < -0.39 is 16.9 Å². The van der Waals surface area contributed by atoms with Gasteiger partial charge in [0.2, 0.25) is 0 Å². The van der Waals surface area contributed by atoms with Gasteiger partial charge in [-0.15, -0.1) is 18.3 Å². The molecule has 0 aliphatic rings. The summed E-state index contributed by atoms with van der Waals surface area (Å²) in [6, 6.07) is 1.31. The lowest BCUT2D eigenvalue weighted by atomic mass is 10.7. The van der Waals surface area contributed by atoms with Crippen LogP contribution in [0.5, 0.6) is 0 Å². The van der Waals surface area contributed by atoms with Crippen molar-refractivity contribution < 1.29 is 13.2 Å². The van der Waals surface area contributed by atoms with Gasteiger partial charge < -0.3 is 0 Å². The van der Waals surface area contributed by atoms with Crippen LogP contribution in [0.4, 0.5) is 13.2 Å². The number of nitriles is 1. The van der Waals surface area contributed by atoms with E-state index in [-0.39, 0.29) is 0 Å². The SMILES string of the molecule is N#Cc1nnn(C(F)(F)F)n1. The molecule has 0 aliphatic heterocycles. The van der Waals surface area contributed by atoms with Crippen LogP contribution in [-0.4, -0.2) is 20.2 Å². The molecule has 1 rings (SSSR count). The summed E-state index contributed by atoms with van der Waals surface area (Å²) in [5.41, 5.74) is 0. The van der Waals surface area contributed by atoms with E-state index in [1.54, 1.807) is 0 Å². The Kier molecular flexibility index (Phi) is 1.48. The Morgan fingerprint density at radius 2 is 2.09 bits per heavy atom. The molecule has 0 saturated heterocycles. The lowest BCUT2D eigenvalue weighted by Gasteiger charge is -1.99. The second-order valence-electron chi connectivity index (χ2n) is 1.48. The minimum atomic E-state index is -4.71. The van der Waals surface area contributed by atoms with Crippen molar-refractivity contribution >= 4 is 0 Å². The molecule has 1 heterocycles. The molecule has 0 unspecified atom stereocenters. The van der Waals surface area contributed by atoms with Gasteiger partial charge in [0, 0.05) is 0 Å². The summed E-state index contributed by atoms with van der Waals surface area (Å²) in [5.74, 6) is -0.609. The van der Waals surface area contributed by atoms with Crippen LogP contribution in [-0.2, 0) is 6.30 Å². The zero-order chi connectivity index (χ0) is 8.48. The number of hydrogen-bond acceptors (Lipinski definition) is 4. The maximum absolute atomic E-state index is 11.6. The van der Waals surface area contributed by atoms with Crippen LogP contribution in [0.2, 0.25) is 0 Å². The molecule has 1 aromatic rings. The van der Waals surface area contributed by atoms with Gasteiger partial charge in [0.15, 0.2) is 0 Å². The first kappa shape index (κ1) is 7.46. The number of nitrogens with zero attached hydrogens (tertiary/aromatic N) is 5. The fourth-order valence-corrected chi connectivity index (χ4v) is 0.367. The van der Waals surface area contributed by atoms with Crippen molar-refractivity contribution in [1.29, 1.82) is 5.26 Å². The van der Waals surface area contributed by atoms with Crippen LogP contribution in [0.25, 0.3) is 0 Å². The van der Waals surface area contributed by atoms with E-state index in [1.165, 1.54) is 6.07 Å². The summed E-state index contributed by atoms with van der Waals surface area (Å²) in [6.07, 6.45) is -4.71. The van der Waals surface area contributed by atoms with E-state index in [1.807, 2.05) is 0 Å². The number of alkyl halides is 3. The van der Waals surface area contributed by atoms with Crippen molar-refractivity contribution in [2.45, 2.75) is 6.30 Å². The molecule has 0 aromatic carbocycles. The van der Waals surface area contributed by atoms with E-state index in [0.29, 0.717) is 0 Å². The van der Waals surface area contributed by atoms with Crippen LogP contribution >= 0.6 is 0 Å². The number of aromatic nitrogens is 4. The van der Waals surface area contributed by atoms with Crippen molar-refractivity contribution in [1.82, 2.24) is 20.2 Å². The predicted octanol–water partition coefficient (Wildman–Crippen LogP) is 0.0211. The maximum Gasteiger partial charge on any atom is 0.522 e. The highest BCUT2D eigenvalue weighted by molar-refractivity contribution is 5.03. The third kappa shape index (κ3) is 1.43. The normalized spacial score (nSPS) is 11.1. The molecule has 0 fully saturated rings. The fraction of sp³-hybridized carbons (Fsp3) is 0.333. The van der Waals surface area contributed by atoms with Gasteiger partial charge in [-0.05, 0) is 5.21 Å². The van der Waals surface area contributed by atoms with E-state index in [4.69, 9.17) is 5.26 Å². The van der Waals surface area contributed by atoms with Crippen molar-refractivity contribution in [3.63, 3.8) is 0 Å². The molecule has 0 spiro atoms. The largest absolute Gasteiger partial charge is 0.522 e. The van der Waals surface area contributed by atoms with Gasteiger partial charge in [-0.2, -0.15) is 5.26 Å². The van der Waals surface area contributed by atoms with Crippen molar-refractivity contribution in [2.24, 2.45) is 0 Å². The van der Waals surface area contributed by atoms with Gasteiger partial charge >= 0.3 is 6.30 Å². The highest BCUT2D eigenvalue weighted by Crippen LogP contribution is 2.18. The van der Waals surface area contributed by atoms with Gasteiger partial charge in [-0.3, -0.25) is 0 Å². The van der Waals surface area contributed by atoms with Crippen molar-refractivity contribution in [2.75, 3.05) is 0 Å². The quantitative estimate of drug-likeness (QED) is 0.540. The molecule has 1 aromatic heterocycles. The van der Waals surface area contributed by atoms with Crippen LogP contribution in [0, 0.1) is 11.3 Å². The highest BCUT2D eigenvalue weighted by Gasteiger charge is 2.34. The molecule has 0 atom stereocenters. The molecule has 8 heteroatoms. The number of rotatable bonds is 0. The Balaban J connectivity index is 3.01. The number of tetrazole rings is 1. The van der Waals surface area contributed by atoms with Gasteiger partial charge in [-0.25, -0.2) is 0 Å². The molecule has 11 heavy (non-hydrogen) atoms. The second kappa shape index (κ2) is 2.19. The third-order valence-corrected chi connectivity index (χ3v) is 0.740. The number of hydrogen-bond donors (Lipinski definition) is 0. The maximum atomic E-state index is 11.6. The summed E-state index contributed by atoms with van der Waals surface area (Å²) >= 11 is 0. The van der Waals surface area contributed by atoms with Gasteiger partial charge in [0.05, 0.1) is 0 Å². The Labute approximate surface area is 58.0 Å². The number of halogens is 3. The summed E-state index contributed by atoms with van der Waals surface area (Å²) in [7, 11) is 0. The lowest BCUT2D eigenvalue weighted by molar-refractivity contribution is -0.222. The summed E-state index contributed by atoms with van der Waals surface area (Å²) in [4.78, 5) is -0.578. The first-order valence-corrected chi connectivity index (χ1v) is 2.31. The van der Waals surface area contributed by atoms with Crippen molar-refractivity contribution in [3.8, 4) is 6.07 Å². The van der Waals surface area contributed by atoms with E-state index >= 15 is 0 Å². The Bertz CT molecular complexity index is 293. The smallest absolute Gasteiger partial charge is 0.189 e. The monoisotopic (exact) mass is 163 g/mol. The van der Waals surface area contributed by atoms with E-state index in [2.05, 4.69) is 15.4 Å². The van der Waals surface area contributed by atoms with Crippen LogP contribution in [0.1, 0.15) is 5.82 Å². The molecule has 0 amide bonds. The zero-order valence-electron chi connectivity index (χ0n) is 4.87. The molecule has 0 N–H and O–H groups in total. The molecular formula is C3F3N5. The standard InChI is InChI=1S/C3F3N5/c4-3(5,6)11-9-2(1-7)8-10-11. The minimum Gasteiger partial charge on any atom is -0.189 e. The lowest BCUT2D eigenvalue weighted by Crippen LogP contribution is -2.19. The van der Waals surface area contributed by atoms with E-state index in [0.717, 1.165) is 0 Å². The average Bonchev–Trinajstić information content (AvgIpc) is 2.32. The van der Waals surface area contributed by atoms with Gasteiger partial charge in [-0.1, -0.05) is 9.90 Å². The first-order chi connectivity index (χ1) is 5.04. The molecule has 0 aliphatic carbocycles. The first-order valence-electron chi connectivity index (χ1n) is 2.31. The summed E-state index contributed by atoms with van der Waals surface area (Å²) in [5, 5.41) is 16.1. The molecule has 58 valence electrons.